The molecule has 0 saturated carbocycles. The molecule has 5 heteroatoms. The molecule has 2 heterocycles. The lowest BCUT2D eigenvalue weighted by molar-refractivity contribution is 0.729. The fourth-order valence-corrected chi connectivity index (χ4v) is 4.15. The van der Waals surface area contributed by atoms with Crippen molar-refractivity contribution in [1.82, 2.24) is 4.98 Å². The van der Waals surface area contributed by atoms with Crippen LogP contribution in [0.3, 0.4) is 0 Å². The maximum Gasteiger partial charge on any atom is 0.107 e. The maximum absolute atomic E-state index is 5.94. The van der Waals surface area contributed by atoms with Gasteiger partial charge < -0.3 is 10.6 Å². The number of pyridine rings is 1. The zero-order chi connectivity index (χ0) is 14.8. The van der Waals surface area contributed by atoms with Gasteiger partial charge in [-0.25, -0.2) is 0 Å². The van der Waals surface area contributed by atoms with E-state index >= 15 is 0 Å². The molecule has 0 spiro atoms. The van der Waals surface area contributed by atoms with Gasteiger partial charge in [0.05, 0.1) is 16.8 Å². The number of nitrogens with zero attached hydrogens (tertiary/aromatic N) is 2. The number of hydrogen-bond donors (Lipinski definition) is 1. The molecule has 1 aliphatic rings. The summed E-state index contributed by atoms with van der Waals surface area (Å²) in [5, 5.41) is 1.81. The summed E-state index contributed by atoms with van der Waals surface area (Å²) in [5.74, 6) is 1.14. The Bertz CT molecular complexity index is 672. The highest BCUT2D eigenvalue weighted by Gasteiger charge is 2.23. The van der Waals surface area contributed by atoms with E-state index in [2.05, 4.69) is 34.6 Å². The number of hydrogen-bond acceptors (Lipinski definition) is 4. The Morgan fingerprint density at radius 1 is 1.48 bits per heavy atom. The Balaban J connectivity index is 2.14. The van der Waals surface area contributed by atoms with Crippen LogP contribution in [0.1, 0.15) is 18.9 Å². The highest BCUT2D eigenvalue weighted by Crippen LogP contribution is 2.33. The highest BCUT2D eigenvalue weighted by atomic mass is 32.2. The molecule has 2 aromatic rings. The molecule has 0 bridgehead atoms. The molecule has 0 radical (unpaired) electrons. The zero-order valence-corrected chi connectivity index (χ0v) is 13.7. The van der Waals surface area contributed by atoms with Crippen molar-refractivity contribution in [3.63, 3.8) is 0 Å². The van der Waals surface area contributed by atoms with Crippen molar-refractivity contribution in [2.45, 2.75) is 18.6 Å². The third-order valence-electron chi connectivity index (χ3n) is 3.92. The Morgan fingerprint density at radius 3 is 3.05 bits per heavy atom. The van der Waals surface area contributed by atoms with Crippen molar-refractivity contribution in [1.29, 1.82) is 0 Å². The van der Waals surface area contributed by atoms with Gasteiger partial charge in [0.15, 0.2) is 0 Å². The number of thiocarbonyl (C=S) groups is 1. The molecule has 110 valence electrons. The molecule has 1 fully saturated rings. The second-order valence-corrected chi connectivity index (χ2v) is 7.10. The van der Waals surface area contributed by atoms with Crippen molar-refractivity contribution in [3.05, 3.63) is 36.0 Å². The fourth-order valence-electron chi connectivity index (χ4n) is 2.82. The van der Waals surface area contributed by atoms with Crippen LogP contribution in [0.15, 0.2) is 30.5 Å². The van der Waals surface area contributed by atoms with Gasteiger partial charge in [-0.3, -0.25) is 4.98 Å². The number of benzene rings is 1. The number of fused-ring (bicyclic) bond motifs is 1. The average Bonchev–Trinajstić information content (AvgIpc) is 2.53. The van der Waals surface area contributed by atoms with Gasteiger partial charge in [0.2, 0.25) is 0 Å². The average molecular weight is 317 g/mol. The molecule has 0 amide bonds. The zero-order valence-electron chi connectivity index (χ0n) is 12.1. The van der Waals surface area contributed by atoms with E-state index in [0.29, 0.717) is 10.2 Å². The molecule has 21 heavy (non-hydrogen) atoms. The quantitative estimate of drug-likeness (QED) is 0.881. The Kier molecular flexibility index (Phi) is 4.31. The van der Waals surface area contributed by atoms with E-state index in [1.165, 1.54) is 6.42 Å². The standard InChI is InChI=1S/C16H19N3S2/c1-2-11-10-19(7-8-21-11)15-12-5-3-4-6-14(12)18-9-13(15)16(17)20/h3-6,9,11H,2,7-8,10H2,1H3,(H2,17,20). The molecule has 0 aliphatic carbocycles. The van der Waals surface area contributed by atoms with Crippen molar-refractivity contribution in [2.24, 2.45) is 5.73 Å². The van der Waals surface area contributed by atoms with Crippen LogP contribution in [0.5, 0.6) is 0 Å². The second kappa shape index (κ2) is 6.20. The fraction of sp³-hybridized carbons (Fsp3) is 0.375. The van der Waals surface area contributed by atoms with Crippen molar-refractivity contribution < 1.29 is 0 Å². The van der Waals surface area contributed by atoms with Crippen molar-refractivity contribution in [2.75, 3.05) is 23.7 Å². The summed E-state index contributed by atoms with van der Waals surface area (Å²) in [5.41, 5.74) is 8.99. The second-order valence-electron chi connectivity index (χ2n) is 5.25. The van der Waals surface area contributed by atoms with Gasteiger partial charge in [0.25, 0.3) is 0 Å². The maximum atomic E-state index is 5.94. The number of anilines is 1. The van der Waals surface area contributed by atoms with Crippen LogP contribution in [0.4, 0.5) is 5.69 Å². The lowest BCUT2D eigenvalue weighted by Crippen LogP contribution is -2.39. The largest absolute Gasteiger partial charge is 0.389 e. The van der Waals surface area contributed by atoms with Crippen molar-refractivity contribution in [3.8, 4) is 0 Å². The molecule has 1 aliphatic heterocycles. The van der Waals surface area contributed by atoms with Gasteiger partial charge in [0, 0.05) is 35.7 Å². The van der Waals surface area contributed by atoms with E-state index in [1.54, 1.807) is 0 Å². The summed E-state index contributed by atoms with van der Waals surface area (Å²) >= 11 is 7.31. The van der Waals surface area contributed by atoms with E-state index in [4.69, 9.17) is 18.0 Å². The van der Waals surface area contributed by atoms with E-state index in [1.807, 2.05) is 24.4 Å². The molecular weight excluding hydrogens is 298 g/mol. The smallest absolute Gasteiger partial charge is 0.107 e. The first-order valence-corrected chi connectivity index (χ1v) is 8.70. The van der Waals surface area contributed by atoms with E-state index in [9.17, 15) is 0 Å². The van der Waals surface area contributed by atoms with Gasteiger partial charge in [-0.2, -0.15) is 11.8 Å². The van der Waals surface area contributed by atoms with E-state index < -0.39 is 0 Å². The molecule has 1 atom stereocenters. The molecule has 2 N–H and O–H groups in total. The Hall–Kier alpha value is -1.33. The Morgan fingerprint density at radius 2 is 2.29 bits per heavy atom. The molecule has 1 unspecified atom stereocenters. The summed E-state index contributed by atoms with van der Waals surface area (Å²) in [7, 11) is 0. The third kappa shape index (κ3) is 2.85. The number of para-hydroxylation sites is 1. The van der Waals surface area contributed by atoms with E-state index in [-0.39, 0.29) is 0 Å². The van der Waals surface area contributed by atoms with Crippen LogP contribution in [0.2, 0.25) is 0 Å². The summed E-state index contributed by atoms with van der Waals surface area (Å²) in [6.07, 6.45) is 3.01. The molecule has 1 aromatic heterocycles. The minimum atomic E-state index is 0.425. The van der Waals surface area contributed by atoms with Gasteiger partial charge in [-0.1, -0.05) is 37.3 Å². The molecule has 1 saturated heterocycles. The minimum absolute atomic E-state index is 0.425. The first kappa shape index (κ1) is 14.6. The molecule has 3 nitrogen and oxygen atoms in total. The van der Waals surface area contributed by atoms with Crippen LogP contribution < -0.4 is 10.6 Å². The van der Waals surface area contributed by atoms with Crippen LogP contribution in [0.25, 0.3) is 10.9 Å². The predicted molar refractivity (Wildman–Crippen MR) is 96.4 cm³/mol. The van der Waals surface area contributed by atoms with Gasteiger partial charge in [-0.05, 0) is 12.5 Å². The number of aromatic nitrogens is 1. The summed E-state index contributed by atoms with van der Waals surface area (Å²) in [4.78, 5) is 7.36. The minimum Gasteiger partial charge on any atom is -0.389 e. The normalized spacial score (nSPS) is 18.9. The first-order valence-electron chi connectivity index (χ1n) is 7.24. The molecule has 1 aromatic carbocycles. The predicted octanol–water partition coefficient (Wildman–Crippen LogP) is 3.20. The monoisotopic (exact) mass is 317 g/mol. The summed E-state index contributed by atoms with van der Waals surface area (Å²) < 4.78 is 0. The van der Waals surface area contributed by atoms with Crippen LogP contribution in [0, 0.1) is 0 Å². The van der Waals surface area contributed by atoms with Gasteiger partial charge >= 0.3 is 0 Å². The number of rotatable bonds is 3. The highest BCUT2D eigenvalue weighted by molar-refractivity contribution is 8.00. The van der Waals surface area contributed by atoms with Gasteiger partial charge in [0.1, 0.15) is 4.99 Å². The third-order valence-corrected chi connectivity index (χ3v) is 5.51. The van der Waals surface area contributed by atoms with Crippen LogP contribution in [-0.4, -0.2) is 34.1 Å². The van der Waals surface area contributed by atoms with Crippen molar-refractivity contribution >= 4 is 45.6 Å². The lowest BCUT2D eigenvalue weighted by atomic mass is 10.1. The van der Waals surface area contributed by atoms with Crippen LogP contribution >= 0.6 is 24.0 Å². The van der Waals surface area contributed by atoms with E-state index in [0.717, 1.165) is 41.0 Å². The topological polar surface area (TPSA) is 42.1 Å². The lowest BCUT2D eigenvalue weighted by Gasteiger charge is -2.35. The number of thioether (sulfide) groups is 1. The first-order chi connectivity index (χ1) is 10.2. The molecule has 3 rings (SSSR count). The molecular formula is C16H19N3S2. The summed E-state index contributed by atoms with van der Waals surface area (Å²) in [6.45, 7) is 4.33. The Labute approximate surface area is 134 Å². The summed E-state index contributed by atoms with van der Waals surface area (Å²) in [6, 6.07) is 8.22. The SMILES string of the molecule is CCC1CN(c2c(C(N)=S)cnc3ccccc23)CCS1. The van der Waals surface area contributed by atoms with Gasteiger partial charge in [-0.15, -0.1) is 0 Å². The number of nitrogens with two attached hydrogens (primary N) is 1. The van der Waals surface area contributed by atoms with Crippen LogP contribution in [-0.2, 0) is 0 Å².